The van der Waals surface area contributed by atoms with E-state index in [2.05, 4.69) is 5.32 Å². The number of hydrogen-bond donors (Lipinski definition) is 2. The number of carbonyl (C=O) groups is 1. The van der Waals surface area contributed by atoms with Gasteiger partial charge in [-0.3, -0.25) is 4.79 Å². The number of nitrogens with two attached hydrogens (primary N) is 1. The van der Waals surface area contributed by atoms with E-state index < -0.39 is 6.04 Å². The Kier molecular flexibility index (Phi) is 7.54. The summed E-state index contributed by atoms with van der Waals surface area (Å²) < 4.78 is 5.01. The van der Waals surface area contributed by atoms with Crippen LogP contribution in [0.4, 0.5) is 0 Å². The molecule has 0 aliphatic rings. The van der Waals surface area contributed by atoms with Crippen molar-refractivity contribution in [3.8, 4) is 0 Å². The summed E-state index contributed by atoms with van der Waals surface area (Å²) in [5, 5.41) is 2.75. The molecule has 0 aliphatic carbocycles. The molecule has 1 rings (SSSR count). The van der Waals surface area contributed by atoms with Gasteiger partial charge in [0, 0.05) is 13.7 Å². The molecule has 1 amide bonds. The van der Waals surface area contributed by atoms with Gasteiger partial charge in [-0.15, -0.1) is 12.4 Å². The summed E-state index contributed by atoms with van der Waals surface area (Å²) in [6.07, 6.45) is 0. The summed E-state index contributed by atoms with van der Waals surface area (Å²) in [6, 6.07) is 7.44. The highest BCUT2D eigenvalue weighted by Gasteiger charge is 2.05. The van der Waals surface area contributed by atoms with E-state index in [1.165, 1.54) is 0 Å². The molecule has 3 N–H and O–H groups in total. The van der Waals surface area contributed by atoms with Crippen molar-refractivity contribution in [1.29, 1.82) is 0 Å². The van der Waals surface area contributed by atoms with Gasteiger partial charge in [0.15, 0.2) is 0 Å². The van der Waals surface area contributed by atoms with Gasteiger partial charge in [0.1, 0.15) is 0 Å². The smallest absolute Gasteiger partial charge is 0.236 e. The highest BCUT2D eigenvalue weighted by molar-refractivity contribution is 5.85. The van der Waals surface area contributed by atoms with Gasteiger partial charge in [-0.25, -0.2) is 0 Å². The van der Waals surface area contributed by atoms with Crippen molar-refractivity contribution in [2.75, 3.05) is 7.11 Å². The third-order valence-electron chi connectivity index (χ3n) is 2.21. The molecule has 5 heteroatoms. The molecule has 1 atom stereocenters. The standard InChI is InChI=1S/C12H18N2O2.ClH/c1-9(13)12(15)14-7-10-3-5-11(6-4-10)8-16-2;/h3-6,9H,7-8,13H2,1-2H3,(H,14,15);1H/t9-;/m0./s1. The first-order valence-electron chi connectivity index (χ1n) is 5.23. The normalized spacial score (nSPS) is 11.5. The molecule has 0 radical (unpaired) electrons. The molecule has 96 valence electrons. The van der Waals surface area contributed by atoms with E-state index >= 15 is 0 Å². The number of benzene rings is 1. The summed E-state index contributed by atoms with van der Waals surface area (Å²) in [4.78, 5) is 11.2. The molecule has 0 aliphatic heterocycles. The van der Waals surface area contributed by atoms with Crippen LogP contribution in [0.15, 0.2) is 24.3 Å². The Morgan fingerprint density at radius 3 is 2.35 bits per heavy atom. The first-order valence-corrected chi connectivity index (χ1v) is 5.23. The van der Waals surface area contributed by atoms with Gasteiger partial charge in [-0.05, 0) is 18.1 Å². The largest absolute Gasteiger partial charge is 0.380 e. The Morgan fingerprint density at radius 2 is 1.88 bits per heavy atom. The number of methoxy groups -OCH3 is 1. The first-order chi connectivity index (χ1) is 7.63. The molecular formula is C12H19ClN2O2. The van der Waals surface area contributed by atoms with Crippen LogP contribution in [0.2, 0.25) is 0 Å². The lowest BCUT2D eigenvalue weighted by Gasteiger charge is -2.08. The molecule has 0 bridgehead atoms. The van der Waals surface area contributed by atoms with E-state index in [9.17, 15) is 4.79 Å². The van der Waals surface area contributed by atoms with Crippen molar-refractivity contribution in [2.45, 2.75) is 26.1 Å². The molecule has 0 heterocycles. The van der Waals surface area contributed by atoms with Crippen molar-refractivity contribution >= 4 is 18.3 Å². The Bertz CT molecular complexity index is 339. The Balaban J connectivity index is 0.00000256. The molecule has 4 nitrogen and oxygen atoms in total. The van der Waals surface area contributed by atoms with Crippen molar-refractivity contribution < 1.29 is 9.53 Å². The molecule has 0 unspecified atom stereocenters. The van der Waals surface area contributed by atoms with Crippen LogP contribution in [0.5, 0.6) is 0 Å². The van der Waals surface area contributed by atoms with Crippen LogP contribution in [0.3, 0.4) is 0 Å². The fourth-order valence-electron chi connectivity index (χ4n) is 1.27. The summed E-state index contributed by atoms with van der Waals surface area (Å²) in [5.74, 6) is -0.138. The van der Waals surface area contributed by atoms with Crippen LogP contribution in [0, 0.1) is 0 Å². The molecule has 1 aromatic rings. The second-order valence-electron chi connectivity index (χ2n) is 3.76. The van der Waals surface area contributed by atoms with Crippen LogP contribution in [0.1, 0.15) is 18.1 Å². The van der Waals surface area contributed by atoms with E-state index in [0.717, 1.165) is 11.1 Å². The zero-order valence-electron chi connectivity index (χ0n) is 10.1. The maximum absolute atomic E-state index is 11.2. The Hall–Kier alpha value is -1.10. The summed E-state index contributed by atoms with van der Waals surface area (Å²) in [6.45, 7) is 2.77. The number of nitrogens with one attached hydrogen (secondary N) is 1. The monoisotopic (exact) mass is 258 g/mol. The quantitative estimate of drug-likeness (QED) is 0.835. The topological polar surface area (TPSA) is 64.3 Å². The predicted octanol–water partition coefficient (Wildman–Crippen LogP) is 1.22. The van der Waals surface area contributed by atoms with Gasteiger partial charge in [-0.2, -0.15) is 0 Å². The number of amides is 1. The van der Waals surface area contributed by atoms with Crippen LogP contribution < -0.4 is 11.1 Å². The molecular weight excluding hydrogens is 240 g/mol. The molecule has 0 spiro atoms. The number of hydrogen-bond acceptors (Lipinski definition) is 3. The average Bonchev–Trinajstić information content (AvgIpc) is 2.28. The minimum atomic E-state index is -0.465. The molecule has 0 aromatic heterocycles. The van der Waals surface area contributed by atoms with Crippen molar-refractivity contribution in [2.24, 2.45) is 5.73 Å². The lowest BCUT2D eigenvalue weighted by atomic mass is 10.1. The Morgan fingerprint density at radius 1 is 1.35 bits per heavy atom. The van der Waals surface area contributed by atoms with Crippen LogP contribution in [-0.4, -0.2) is 19.1 Å². The SMILES string of the molecule is COCc1ccc(CNC(=O)[C@H](C)N)cc1.Cl. The van der Waals surface area contributed by atoms with E-state index in [1.54, 1.807) is 14.0 Å². The lowest BCUT2D eigenvalue weighted by Crippen LogP contribution is -2.37. The highest BCUT2D eigenvalue weighted by atomic mass is 35.5. The summed E-state index contributed by atoms with van der Waals surface area (Å²) >= 11 is 0. The fourth-order valence-corrected chi connectivity index (χ4v) is 1.27. The number of ether oxygens (including phenoxy) is 1. The lowest BCUT2D eigenvalue weighted by molar-refractivity contribution is -0.122. The van der Waals surface area contributed by atoms with Crippen LogP contribution >= 0.6 is 12.4 Å². The average molecular weight is 259 g/mol. The molecule has 17 heavy (non-hydrogen) atoms. The zero-order valence-corrected chi connectivity index (χ0v) is 10.9. The maximum atomic E-state index is 11.2. The van der Waals surface area contributed by atoms with Gasteiger partial charge in [0.2, 0.25) is 5.91 Å². The summed E-state index contributed by atoms with van der Waals surface area (Å²) in [7, 11) is 1.66. The predicted molar refractivity (Wildman–Crippen MR) is 69.9 cm³/mol. The number of halogens is 1. The fraction of sp³-hybridized carbons (Fsp3) is 0.417. The van der Waals surface area contributed by atoms with Gasteiger partial charge >= 0.3 is 0 Å². The third kappa shape index (κ3) is 5.68. The molecule has 1 aromatic carbocycles. The second kappa shape index (κ2) is 8.06. The Labute approximate surface area is 108 Å². The minimum Gasteiger partial charge on any atom is -0.380 e. The zero-order chi connectivity index (χ0) is 12.0. The third-order valence-corrected chi connectivity index (χ3v) is 2.21. The molecule has 0 saturated heterocycles. The first kappa shape index (κ1) is 15.9. The van der Waals surface area contributed by atoms with Crippen LogP contribution in [0.25, 0.3) is 0 Å². The van der Waals surface area contributed by atoms with E-state index in [1.807, 2.05) is 24.3 Å². The summed E-state index contributed by atoms with van der Waals surface area (Å²) in [5.41, 5.74) is 7.60. The number of rotatable bonds is 5. The van der Waals surface area contributed by atoms with E-state index in [-0.39, 0.29) is 18.3 Å². The van der Waals surface area contributed by atoms with Gasteiger partial charge in [0.25, 0.3) is 0 Å². The molecule has 0 fully saturated rings. The van der Waals surface area contributed by atoms with E-state index in [4.69, 9.17) is 10.5 Å². The van der Waals surface area contributed by atoms with Crippen molar-refractivity contribution in [1.82, 2.24) is 5.32 Å². The highest BCUT2D eigenvalue weighted by Crippen LogP contribution is 2.05. The van der Waals surface area contributed by atoms with E-state index in [0.29, 0.717) is 13.2 Å². The van der Waals surface area contributed by atoms with Crippen LogP contribution in [-0.2, 0) is 22.7 Å². The van der Waals surface area contributed by atoms with Gasteiger partial charge in [-0.1, -0.05) is 24.3 Å². The van der Waals surface area contributed by atoms with Crippen molar-refractivity contribution in [3.63, 3.8) is 0 Å². The van der Waals surface area contributed by atoms with Gasteiger partial charge < -0.3 is 15.8 Å². The molecule has 0 saturated carbocycles. The number of carbonyl (C=O) groups excluding carboxylic acids is 1. The second-order valence-corrected chi connectivity index (χ2v) is 3.76. The minimum absolute atomic E-state index is 0. The maximum Gasteiger partial charge on any atom is 0.236 e. The van der Waals surface area contributed by atoms with Gasteiger partial charge in [0.05, 0.1) is 12.6 Å². The van der Waals surface area contributed by atoms with Crippen molar-refractivity contribution in [3.05, 3.63) is 35.4 Å².